The first kappa shape index (κ1) is 16.3. The molecule has 116 valence electrons. The molecule has 1 aromatic rings. The SMILES string of the molecule is Cc1c(C(=O)NCC2(C)CCC2)cc(Cl)cc1S(N)(=O)=O. The third-order valence-electron chi connectivity index (χ3n) is 4.11. The maximum Gasteiger partial charge on any atom is 0.251 e. The van der Waals surface area contributed by atoms with Gasteiger partial charge in [0.15, 0.2) is 0 Å². The maximum absolute atomic E-state index is 12.3. The number of carbonyl (C=O) groups excluding carboxylic acids is 1. The zero-order valence-corrected chi connectivity index (χ0v) is 13.6. The Labute approximate surface area is 129 Å². The quantitative estimate of drug-likeness (QED) is 0.887. The first-order valence-corrected chi connectivity index (χ1v) is 8.66. The second-order valence-electron chi connectivity index (χ2n) is 5.97. The number of rotatable bonds is 4. The molecule has 2 rings (SSSR count). The van der Waals surface area contributed by atoms with Gasteiger partial charge in [-0.2, -0.15) is 0 Å². The molecule has 0 heterocycles. The summed E-state index contributed by atoms with van der Waals surface area (Å²) in [6, 6.07) is 2.72. The van der Waals surface area contributed by atoms with Crippen molar-refractivity contribution in [1.82, 2.24) is 5.32 Å². The van der Waals surface area contributed by atoms with Crippen LogP contribution < -0.4 is 10.5 Å². The van der Waals surface area contributed by atoms with Gasteiger partial charge in [0.1, 0.15) is 0 Å². The minimum Gasteiger partial charge on any atom is -0.351 e. The number of primary sulfonamides is 1. The first-order valence-electron chi connectivity index (χ1n) is 6.74. The second-order valence-corrected chi connectivity index (χ2v) is 7.93. The minimum absolute atomic E-state index is 0.116. The predicted molar refractivity (Wildman–Crippen MR) is 81.9 cm³/mol. The van der Waals surface area contributed by atoms with E-state index in [-0.39, 0.29) is 26.8 Å². The predicted octanol–water partition coefficient (Wildman–Crippen LogP) is 2.22. The standard InChI is InChI=1S/C14H19ClN2O3S/c1-9-11(6-10(15)7-12(9)21(16,19)20)13(18)17-8-14(2)4-3-5-14/h6-7H,3-5,8H2,1-2H3,(H,17,18)(H2,16,19,20). The molecule has 0 aromatic heterocycles. The van der Waals surface area contributed by atoms with Crippen LogP contribution in [0.2, 0.25) is 5.02 Å². The lowest BCUT2D eigenvalue weighted by molar-refractivity contribution is 0.0890. The van der Waals surface area contributed by atoms with Crippen LogP contribution in [0, 0.1) is 12.3 Å². The number of benzene rings is 1. The van der Waals surface area contributed by atoms with E-state index >= 15 is 0 Å². The van der Waals surface area contributed by atoms with Crippen molar-refractivity contribution >= 4 is 27.5 Å². The van der Waals surface area contributed by atoms with Crippen LogP contribution in [-0.2, 0) is 10.0 Å². The first-order chi connectivity index (χ1) is 9.62. The van der Waals surface area contributed by atoms with E-state index in [0.29, 0.717) is 12.1 Å². The summed E-state index contributed by atoms with van der Waals surface area (Å²) >= 11 is 5.90. The molecule has 1 aliphatic carbocycles. The molecule has 1 fully saturated rings. The number of nitrogens with two attached hydrogens (primary N) is 1. The highest BCUT2D eigenvalue weighted by Crippen LogP contribution is 2.39. The lowest BCUT2D eigenvalue weighted by Gasteiger charge is -2.38. The van der Waals surface area contributed by atoms with Crippen molar-refractivity contribution in [3.05, 3.63) is 28.3 Å². The third-order valence-corrected chi connectivity index (χ3v) is 5.37. The fourth-order valence-corrected chi connectivity index (χ4v) is 3.64. The zero-order valence-electron chi connectivity index (χ0n) is 12.1. The Kier molecular flexibility index (Phi) is 4.33. The van der Waals surface area contributed by atoms with E-state index in [1.54, 1.807) is 6.92 Å². The van der Waals surface area contributed by atoms with Gasteiger partial charge in [0, 0.05) is 17.1 Å². The second kappa shape index (κ2) is 5.59. The molecule has 0 spiro atoms. The normalized spacial score (nSPS) is 17.1. The number of sulfonamides is 1. The van der Waals surface area contributed by atoms with Gasteiger partial charge in [-0.1, -0.05) is 24.9 Å². The zero-order chi connectivity index (χ0) is 15.8. The molecule has 1 aliphatic rings. The highest BCUT2D eigenvalue weighted by atomic mass is 35.5. The van der Waals surface area contributed by atoms with Crippen LogP contribution in [0.15, 0.2) is 17.0 Å². The Morgan fingerprint density at radius 3 is 2.52 bits per heavy atom. The van der Waals surface area contributed by atoms with Crippen LogP contribution in [0.5, 0.6) is 0 Å². The van der Waals surface area contributed by atoms with Crippen molar-refractivity contribution in [2.45, 2.75) is 38.0 Å². The molecule has 0 saturated heterocycles. The van der Waals surface area contributed by atoms with E-state index in [1.807, 2.05) is 0 Å². The summed E-state index contributed by atoms with van der Waals surface area (Å²) in [5.74, 6) is -0.326. The summed E-state index contributed by atoms with van der Waals surface area (Å²) in [6.07, 6.45) is 3.35. The van der Waals surface area contributed by atoms with Crippen LogP contribution in [0.1, 0.15) is 42.1 Å². The van der Waals surface area contributed by atoms with Crippen molar-refractivity contribution in [2.24, 2.45) is 10.6 Å². The number of halogens is 1. The molecule has 7 heteroatoms. The highest BCUT2D eigenvalue weighted by molar-refractivity contribution is 7.89. The van der Waals surface area contributed by atoms with Crippen molar-refractivity contribution in [3.63, 3.8) is 0 Å². The number of hydrogen-bond acceptors (Lipinski definition) is 3. The summed E-state index contributed by atoms with van der Waals surface area (Å²) in [6.45, 7) is 4.25. The Morgan fingerprint density at radius 1 is 1.43 bits per heavy atom. The van der Waals surface area contributed by atoms with Gasteiger partial charge in [0.05, 0.1) is 4.90 Å². The molecule has 1 aromatic carbocycles. The lowest BCUT2D eigenvalue weighted by atomic mass is 9.70. The van der Waals surface area contributed by atoms with Gasteiger partial charge in [0.25, 0.3) is 5.91 Å². The van der Waals surface area contributed by atoms with Crippen LogP contribution in [0.4, 0.5) is 0 Å². The molecule has 0 atom stereocenters. The lowest BCUT2D eigenvalue weighted by Crippen LogP contribution is -2.40. The van der Waals surface area contributed by atoms with Gasteiger partial charge in [-0.25, -0.2) is 13.6 Å². The van der Waals surface area contributed by atoms with Crippen molar-refractivity contribution in [3.8, 4) is 0 Å². The van der Waals surface area contributed by atoms with Crippen molar-refractivity contribution < 1.29 is 13.2 Å². The molecule has 0 aliphatic heterocycles. The summed E-state index contributed by atoms with van der Waals surface area (Å²) < 4.78 is 23.1. The van der Waals surface area contributed by atoms with Gasteiger partial charge in [-0.15, -0.1) is 0 Å². The van der Waals surface area contributed by atoms with E-state index in [2.05, 4.69) is 12.2 Å². The van der Waals surface area contributed by atoms with Crippen LogP contribution in [0.3, 0.4) is 0 Å². The molecule has 21 heavy (non-hydrogen) atoms. The van der Waals surface area contributed by atoms with Gasteiger partial charge < -0.3 is 5.32 Å². The molecule has 1 saturated carbocycles. The number of nitrogens with one attached hydrogen (secondary N) is 1. The van der Waals surface area contributed by atoms with Crippen LogP contribution >= 0.6 is 11.6 Å². The molecule has 1 amide bonds. The van der Waals surface area contributed by atoms with E-state index in [4.69, 9.17) is 16.7 Å². The summed E-state index contributed by atoms with van der Waals surface area (Å²) in [7, 11) is -3.91. The molecule has 5 nitrogen and oxygen atoms in total. The average molecular weight is 331 g/mol. The molecule has 0 bridgehead atoms. The highest BCUT2D eigenvalue weighted by Gasteiger charge is 2.32. The minimum atomic E-state index is -3.91. The van der Waals surface area contributed by atoms with Crippen LogP contribution in [0.25, 0.3) is 0 Å². The fraction of sp³-hybridized carbons (Fsp3) is 0.500. The van der Waals surface area contributed by atoms with Gasteiger partial charge in [-0.3, -0.25) is 4.79 Å². The van der Waals surface area contributed by atoms with Crippen molar-refractivity contribution in [1.29, 1.82) is 0 Å². The molecule has 0 unspecified atom stereocenters. The Balaban J connectivity index is 2.26. The Hall–Kier alpha value is -1.11. The number of amides is 1. The van der Waals surface area contributed by atoms with Crippen molar-refractivity contribution in [2.75, 3.05) is 6.54 Å². The van der Waals surface area contributed by atoms with Crippen LogP contribution in [-0.4, -0.2) is 20.9 Å². The number of carbonyl (C=O) groups is 1. The third kappa shape index (κ3) is 3.56. The topological polar surface area (TPSA) is 89.3 Å². The Bertz CT molecular complexity index is 682. The van der Waals surface area contributed by atoms with E-state index in [9.17, 15) is 13.2 Å². The van der Waals surface area contributed by atoms with E-state index in [1.165, 1.54) is 18.6 Å². The van der Waals surface area contributed by atoms with E-state index < -0.39 is 10.0 Å². The number of hydrogen-bond donors (Lipinski definition) is 2. The summed E-state index contributed by atoms with van der Waals surface area (Å²) in [4.78, 5) is 12.2. The van der Waals surface area contributed by atoms with Gasteiger partial charge in [0.2, 0.25) is 10.0 Å². The van der Waals surface area contributed by atoms with E-state index in [0.717, 1.165) is 12.8 Å². The maximum atomic E-state index is 12.3. The molecule has 0 radical (unpaired) electrons. The van der Waals surface area contributed by atoms with Gasteiger partial charge in [-0.05, 0) is 42.9 Å². The Morgan fingerprint density at radius 2 is 2.05 bits per heavy atom. The average Bonchev–Trinajstić information content (AvgIpc) is 2.34. The molecule has 3 N–H and O–H groups in total. The van der Waals surface area contributed by atoms with Gasteiger partial charge >= 0.3 is 0 Å². The largest absolute Gasteiger partial charge is 0.351 e. The smallest absolute Gasteiger partial charge is 0.251 e. The molecular weight excluding hydrogens is 312 g/mol. The summed E-state index contributed by atoms with van der Waals surface area (Å²) in [5.41, 5.74) is 0.706. The monoisotopic (exact) mass is 330 g/mol. The molecular formula is C14H19ClN2O3S. The summed E-state index contributed by atoms with van der Waals surface area (Å²) in [5, 5.41) is 8.18. The fourth-order valence-electron chi connectivity index (χ4n) is 2.53.